The van der Waals surface area contributed by atoms with Crippen molar-refractivity contribution in [2.75, 3.05) is 13.7 Å². The number of nitrogens with two attached hydrogens (primary N) is 1. The molecule has 1 aromatic heterocycles. The van der Waals surface area contributed by atoms with Gasteiger partial charge in [0.25, 0.3) is 0 Å². The molecular weight excluding hydrogens is 296 g/mol. The van der Waals surface area contributed by atoms with Crippen LogP contribution in [0, 0.1) is 5.41 Å². The highest BCUT2D eigenvalue weighted by Gasteiger charge is 2.50. The molecular formula is C13H22N2O3S2. The highest BCUT2D eigenvalue weighted by atomic mass is 32.2. The van der Waals surface area contributed by atoms with Gasteiger partial charge in [0.15, 0.2) is 0 Å². The SMILES string of the molecule is COC1CC(NS(=O)(=O)c2ccc(CCN)s2)C1(C)C. The predicted octanol–water partition coefficient (Wildman–Crippen LogP) is 1.34. The lowest BCUT2D eigenvalue weighted by Crippen LogP contribution is -2.61. The Balaban J connectivity index is 2.08. The quantitative estimate of drug-likeness (QED) is 0.829. The van der Waals surface area contributed by atoms with Crippen molar-refractivity contribution >= 4 is 21.4 Å². The van der Waals surface area contributed by atoms with Crippen molar-refractivity contribution < 1.29 is 13.2 Å². The van der Waals surface area contributed by atoms with E-state index in [1.165, 1.54) is 11.3 Å². The molecule has 0 spiro atoms. The van der Waals surface area contributed by atoms with E-state index >= 15 is 0 Å². The first-order valence-electron chi connectivity index (χ1n) is 6.65. The van der Waals surface area contributed by atoms with Crippen molar-refractivity contribution in [3.05, 3.63) is 17.0 Å². The van der Waals surface area contributed by atoms with Crippen molar-refractivity contribution in [2.45, 2.75) is 43.0 Å². The van der Waals surface area contributed by atoms with E-state index < -0.39 is 10.0 Å². The summed E-state index contributed by atoms with van der Waals surface area (Å²) in [6.07, 6.45) is 1.52. The lowest BCUT2D eigenvalue weighted by Gasteiger charge is -2.50. The first-order valence-corrected chi connectivity index (χ1v) is 8.95. The van der Waals surface area contributed by atoms with E-state index in [9.17, 15) is 8.42 Å². The normalized spacial score (nSPS) is 25.4. The Morgan fingerprint density at radius 2 is 2.20 bits per heavy atom. The zero-order valence-corrected chi connectivity index (χ0v) is 13.7. The number of sulfonamides is 1. The number of nitrogens with one attached hydrogen (secondary N) is 1. The smallest absolute Gasteiger partial charge is 0.250 e. The number of thiophene rings is 1. The van der Waals surface area contributed by atoms with Gasteiger partial charge in [-0.05, 0) is 31.5 Å². The second-order valence-electron chi connectivity index (χ2n) is 5.71. The minimum absolute atomic E-state index is 0.0856. The number of methoxy groups -OCH3 is 1. The summed E-state index contributed by atoms with van der Waals surface area (Å²) < 4.78 is 33.2. The van der Waals surface area contributed by atoms with Crippen LogP contribution in [0.15, 0.2) is 16.3 Å². The van der Waals surface area contributed by atoms with E-state index in [1.807, 2.05) is 19.9 Å². The molecule has 3 N–H and O–H groups in total. The van der Waals surface area contributed by atoms with Crippen LogP contribution in [0.1, 0.15) is 25.1 Å². The summed E-state index contributed by atoms with van der Waals surface area (Å²) in [7, 11) is -1.79. The van der Waals surface area contributed by atoms with E-state index in [2.05, 4.69) is 4.72 Å². The van der Waals surface area contributed by atoms with E-state index in [-0.39, 0.29) is 17.6 Å². The van der Waals surface area contributed by atoms with E-state index in [0.717, 1.165) is 4.88 Å². The van der Waals surface area contributed by atoms with Gasteiger partial charge in [0, 0.05) is 23.4 Å². The fraction of sp³-hybridized carbons (Fsp3) is 0.692. The second kappa shape index (κ2) is 5.73. The minimum atomic E-state index is -3.45. The summed E-state index contributed by atoms with van der Waals surface area (Å²) in [6.45, 7) is 4.57. The van der Waals surface area contributed by atoms with Gasteiger partial charge in [0.2, 0.25) is 10.0 Å². The summed E-state index contributed by atoms with van der Waals surface area (Å²) in [5, 5.41) is 0. The van der Waals surface area contributed by atoms with Crippen LogP contribution in [0.25, 0.3) is 0 Å². The molecule has 0 aliphatic heterocycles. The number of hydrogen-bond donors (Lipinski definition) is 2. The molecule has 20 heavy (non-hydrogen) atoms. The molecule has 1 saturated carbocycles. The number of hydrogen-bond acceptors (Lipinski definition) is 5. The van der Waals surface area contributed by atoms with Gasteiger partial charge in [-0.2, -0.15) is 0 Å². The van der Waals surface area contributed by atoms with Crippen molar-refractivity contribution in [1.29, 1.82) is 0 Å². The van der Waals surface area contributed by atoms with Gasteiger partial charge in [0.05, 0.1) is 6.10 Å². The molecule has 1 fully saturated rings. The number of ether oxygens (including phenoxy) is 1. The van der Waals surface area contributed by atoms with Gasteiger partial charge in [-0.1, -0.05) is 13.8 Å². The molecule has 114 valence electrons. The molecule has 1 aliphatic rings. The molecule has 0 bridgehead atoms. The summed E-state index contributed by atoms with van der Waals surface area (Å²) in [4.78, 5) is 0.996. The average Bonchev–Trinajstić information content (AvgIpc) is 2.84. The van der Waals surface area contributed by atoms with Crippen molar-refractivity contribution in [2.24, 2.45) is 11.1 Å². The molecule has 2 atom stereocenters. The third kappa shape index (κ3) is 2.92. The average molecular weight is 318 g/mol. The lowest BCUT2D eigenvalue weighted by molar-refractivity contribution is -0.0908. The molecule has 0 amide bonds. The van der Waals surface area contributed by atoms with Crippen LogP contribution < -0.4 is 10.5 Å². The van der Waals surface area contributed by atoms with Gasteiger partial charge in [-0.15, -0.1) is 11.3 Å². The summed E-state index contributed by atoms with van der Waals surface area (Å²) >= 11 is 1.29. The van der Waals surface area contributed by atoms with E-state index in [0.29, 0.717) is 23.6 Å². The Kier molecular flexibility index (Phi) is 4.56. The zero-order chi connectivity index (χ0) is 15.0. The van der Waals surface area contributed by atoms with Gasteiger partial charge in [-0.3, -0.25) is 0 Å². The third-order valence-corrected chi connectivity index (χ3v) is 7.16. The molecule has 2 unspecified atom stereocenters. The van der Waals surface area contributed by atoms with Gasteiger partial charge >= 0.3 is 0 Å². The highest BCUT2D eigenvalue weighted by Crippen LogP contribution is 2.43. The molecule has 7 heteroatoms. The molecule has 1 aliphatic carbocycles. The van der Waals surface area contributed by atoms with Crippen LogP contribution in [0.2, 0.25) is 0 Å². The Bertz CT molecular complexity index is 566. The first kappa shape index (κ1) is 15.9. The maximum Gasteiger partial charge on any atom is 0.250 e. The molecule has 2 rings (SSSR count). The van der Waals surface area contributed by atoms with Crippen LogP contribution in [0.3, 0.4) is 0 Å². The monoisotopic (exact) mass is 318 g/mol. The molecule has 1 aromatic rings. The summed E-state index contributed by atoms with van der Waals surface area (Å²) in [5.41, 5.74) is 5.30. The summed E-state index contributed by atoms with van der Waals surface area (Å²) in [5.74, 6) is 0. The molecule has 0 saturated heterocycles. The zero-order valence-electron chi connectivity index (χ0n) is 12.0. The third-order valence-electron chi connectivity index (χ3n) is 4.05. The Hall–Kier alpha value is -0.470. The highest BCUT2D eigenvalue weighted by molar-refractivity contribution is 7.91. The number of rotatable bonds is 6. The lowest BCUT2D eigenvalue weighted by atomic mass is 9.65. The van der Waals surface area contributed by atoms with E-state index in [4.69, 9.17) is 10.5 Å². The van der Waals surface area contributed by atoms with Gasteiger partial charge < -0.3 is 10.5 Å². The molecule has 0 radical (unpaired) electrons. The molecule has 1 heterocycles. The largest absolute Gasteiger partial charge is 0.381 e. The molecule has 0 aromatic carbocycles. The standard InChI is InChI=1S/C13H22N2O3S2/c1-13(2)10(8-11(13)18-3)15-20(16,17)12-5-4-9(19-12)6-7-14/h4-5,10-11,15H,6-8,14H2,1-3H3. The maximum absolute atomic E-state index is 12.4. The topological polar surface area (TPSA) is 81.4 Å². The second-order valence-corrected chi connectivity index (χ2v) is 8.82. The Morgan fingerprint density at radius 1 is 1.50 bits per heavy atom. The van der Waals surface area contributed by atoms with Crippen LogP contribution in [0.5, 0.6) is 0 Å². The predicted molar refractivity (Wildman–Crippen MR) is 80.4 cm³/mol. The Labute approximate surface area is 124 Å². The Morgan fingerprint density at radius 3 is 2.75 bits per heavy atom. The van der Waals surface area contributed by atoms with Crippen LogP contribution >= 0.6 is 11.3 Å². The van der Waals surface area contributed by atoms with Crippen molar-refractivity contribution in [1.82, 2.24) is 4.72 Å². The van der Waals surface area contributed by atoms with Crippen molar-refractivity contribution in [3.8, 4) is 0 Å². The summed E-state index contributed by atoms with van der Waals surface area (Å²) in [6, 6.07) is 3.39. The van der Waals surface area contributed by atoms with Crippen LogP contribution in [-0.4, -0.2) is 34.2 Å². The fourth-order valence-corrected chi connectivity index (χ4v) is 5.30. The van der Waals surface area contributed by atoms with Gasteiger partial charge in [-0.25, -0.2) is 13.1 Å². The molecule has 5 nitrogen and oxygen atoms in total. The van der Waals surface area contributed by atoms with Crippen LogP contribution in [-0.2, 0) is 21.2 Å². The van der Waals surface area contributed by atoms with Gasteiger partial charge in [0.1, 0.15) is 4.21 Å². The van der Waals surface area contributed by atoms with Crippen molar-refractivity contribution in [3.63, 3.8) is 0 Å². The fourth-order valence-electron chi connectivity index (χ4n) is 2.51. The first-order chi connectivity index (χ1) is 9.31. The van der Waals surface area contributed by atoms with Crippen LogP contribution in [0.4, 0.5) is 0 Å². The minimum Gasteiger partial charge on any atom is -0.381 e. The van der Waals surface area contributed by atoms with E-state index in [1.54, 1.807) is 13.2 Å². The maximum atomic E-state index is 12.4.